The molecule has 8 heteroatoms. The van der Waals surface area contributed by atoms with Gasteiger partial charge in [-0.3, -0.25) is 0 Å². The van der Waals surface area contributed by atoms with E-state index in [0.717, 1.165) is 5.69 Å². The molecule has 0 spiro atoms. The average molecular weight is 329 g/mol. The summed E-state index contributed by atoms with van der Waals surface area (Å²) in [6, 6.07) is 5.73. The van der Waals surface area contributed by atoms with Gasteiger partial charge in [-0.2, -0.15) is 17.0 Å². The van der Waals surface area contributed by atoms with Crippen LogP contribution in [0.2, 0.25) is 0 Å². The molecule has 0 aliphatic carbocycles. The Balaban J connectivity index is 2.09. The lowest BCUT2D eigenvalue weighted by Gasteiger charge is -2.36. The first-order valence-electron chi connectivity index (χ1n) is 7.04. The molecular weight excluding hydrogens is 306 g/mol. The summed E-state index contributed by atoms with van der Waals surface area (Å²) in [5, 5.41) is 0. The number of hydrogen-bond acceptors (Lipinski definition) is 5. The first-order chi connectivity index (χ1) is 10.4. The topological polar surface area (TPSA) is 62.3 Å². The second-order valence-corrected chi connectivity index (χ2v) is 7.36. The molecule has 1 aliphatic heterocycles. The average Bonchev–Trinajstić information content (AvgIpc) is 2.54. The van der Waals surface area contributed by atoms with Gasteiger partial charge in [0.05, 0.1) is 14.2 Å². The van der Waals surface area contributed by atoms with Crippen molar-refractivity contribution >= 4 is 15.9 Å². The fourth-order valence-electron chi connectivity index (χ4n) is 2.43. The minimum absolute atomic E-state index is 0.467. The maximum atomic E-state index is 12.1. The number of nitrogens with zero attached hydrogens (tertiary/aromatic N) is 3. The minimum Gasteiger partial charge on any atom is -0.493 e. The minimum atomic E-state index is -3.33. The van der Waals surface area contributed by atoms with Crippen LogP contribution in [0.4, 0.5) is 5.69 Å². The summed E-state index contributed by atoms with van der Waals surface area (Å²) in [6.07, 6.45) is 0. The Bertz CT molecular complexity index is 611. The standard InChI is InChI=1S/C14H23N3O4S/c1-15(2)22(18,19)17-9-7-16(8-10-17)12-5-6-13(20-3)14(11-12)21-4/h5-6,11H,7-10H2,1-4H3. The molecular formula is C14H23N3O4S. The lowest BCUT2D eigenvalue weighted by Crippen LogP contribution is -2.51. The molecule has 0 bridgehead atoms. The Morgan fingerprint density at radius 3 is 2.09 bits per heavy atom. The van der Waals surface area contributed by atoms with Crippen LogP contribution in [0, 0.1) is 0 Å². The third-order valence-electron chi connectivity index (χ3n) is 3.76. The fourth-order valence-corrected chi connectivity index (χ4v) is 3.52. The monoisotopic (exact) mass is 329 g/mol. The molecule has 0 unspecified atom stereocenters. The summed E-state index contributed by atoms with van der Waals surface area (Å²) >= 11 is 0. The summed E-state index contributed by atoms with van der Waals surface area (Å²) in [7, 11) is 2.97. The summed E-state index contributed by atoms with van der Waals surface area (Å²) < 4.78 is 37.5. The zero-order chi connectivity index (χ0) is 16.3. The second-order valence-electron chi connectivity index (χ2n) is 5.22. The van der Waals surface area contributed by atoms with Gasteiger partial charge in [0, 0.05) is 52.0 Å². The molecule has 1 fully saturated rings. The summed E-state index contributed by atoms with van der Waals surface area (Å²) in [6.45, 7) is 2.22. The smallest absolute Gasteiger partial charge is 0.281 e. The van der Waals surface area contributed by atoms with Crippen molar-refractivity contribution in [2.75, 3.05) is 59.4 Å². The van der Waals surface area contributed by atoms with E-state index >= 15 is 0 Å². The van der Waals surface area contributed by atoms with E-state index in [-0.39, 0.29) is 0 Å². The van der Waals surface area contributed by atoms with Crippen LogP contribution in [0.1, 0.15) is 0 Å². The molecule has 124 valence electrons. The van der Waals surface area contributed by atoms with E-state index in [0.29, 0.717) is 37.7 Å². The first-order valence-corrected chi connectivity index (χ1v) is 8.44. The van der Waals surface area contributed by atoms with Gasteiger partial charge in [0.1, 0.15) is 0 Å². The van der Waals surface area contributed by atoms with Gasteiger partial charge in [0.2, 0.25) is 0 Å². The Kier molecular flexibility index (Phi) is 5.15. The van der Waals surface area contributed by atoms with Gasteiger partial charge in [-0.05, 0) is 12.1 Å². The molecule has 1 saturated heterocycles. The van der Waals surface area contributed by atoms with Crippen molar-refractivity contribution in [2.45, 2.75) is 0 Å². The van der Waals surface area contributed by atoms with Gasteiger partial charge in [-0.25, -0.2) is 0 Å². The number of anilines is 1. The number of hydrogen-bond donors (Lipinski definition) is 0. The maximum absolute atomic E-state index is 12.1. The Hall–Kier alpha value is -1.51. The highest BCUT2D eigenvalue weighted by Crippen LogP contribution is 2.32. The normalized spacial score (nSPS) is 16.9. The molecule has 0 aromatic heterocycles. The third kappa shape index (κ3) is 3.29. The van der Waals surface area contributed by atoms with E-state index in [9.17, 15) is 8.42 Å². The summed E-state index contributed by atoms with van der Waals surface area (Å²) in [5.74, 6) is 1.35. The number of piperazine rings is 1. The lowest BCUT2D eigenvalue weighted by molar-refractivity contribution is 0.351. The predicted octanol–water partition coefficient (Wildman–Crippen LogP) is 0.632. The molecule has 0 saturated carbocycles. The molecule has 1 aromatic carbocycles. The zero-order valence-electron chi connectivity index (χ0n) is 13.4. The SMILES string of the molecule is COc1ccc(N2CCN(S(=O)(=O)N(C)C)CC2)cc1OC. The van der Waals surface area contributed by atoms with Gasteiger partial charge in [0.25, 0.3) is 10.2 Å². The van der Waals surface area contributed by atoms with Crippen molar-refractivity contribution in [3.63, 3.8) is 0 Å². The van der Waals surface area contributed by atoms with Crippen LogP contribution in [-0.4, -0.2) is 71.5 Å². The molecule has 0 atom stereocenters. The Morgan fingerprint density at radius 1 is 1.00 bits per heavy atom. The largest absolute Gasteiger partial charge is 0.493 e. The van der Waals surface area contributed by atoms with Gasteiger partial charge in [-0.15, -0.1) is 0 Å². The zero-order valence-corrected chi connectivity index (χ0v) is 14.3. The molecule has 2 rings (SSSR count). The van der Waals surface area contributed by atoms with Gasteiger partial charge in [0.15, 0.2) is 11.5 Å². The van der Waals surface area contributed by atoms with Crippen LogP contribution in [0.3, 0.4) is 0 Å². The molecule has 0 amide bonds. The van der Waals surface area contributed by atoms with E-state index in [2.05, 4.69) is 4.90 Å². The molecule has 1 aromatic rings. The van der Waals surface area contributed by atoms with E-state index in [1.807, 2.05) is 18.2 Å². The summed E-state index contributed by atoms with van der Waals surface area (Å²) in [4.78, 5) is 2.14. The summed E-state index contributed by atoms with van der Waals surface area (Å²) in [5.41, 5.74) is 1.000. The highest BCUT2D eigenvalue weighted by molar-refractivity contribution is 7.86. The van der Waals surface area contributed by atoms with Crippen molar-refractivity contribution in [2.24, 2.45) is 0 Å². The Morgan fingerprint density at radius 2 is 1.59 bits per heavy atom. The van der Waals surface area contributed by atoms with Crippen LogP contribution in [-0.2, 0) is 10.2 Å². The maximum Gasteiger partial charge on any atom is 0.281 e. The van der Waals surface area contributed by atoms with Crippen molar-refractivity contribution in [1.82, 2.24) is 8.61 Å². The highest BCUT2D eigenvalue weighted by atomic mass is 32.2. The van der Waals surface area contributed by atoms with Crippen LogP contribution >= 0.6 is 0 Å². The predicted molar refractivity (Wildman–Crippen MR) is 85.9 cm³/mol. The van der Waals surface area contributed by atoms with Crippen LogP contribution in [0.25, 0.3) is 0 Å². The number of methoxy groups -OCH3 is 2. The van der Waals surface area contributed by atoms with Gasteiger partial charge < -0.3 is 14.4 Å². The lowest BCUT2D eigenvalue weighted by atomic mass is 10.2. The van der Waals surface area contributed by atoms with Gasteiger partial charge >= 0.3 is 0 Å². The molecule has 0 N–H and O–H groups in total. The fraction of sp³-hybridized carbons (Fsp3) is 0.571. The Labute approximate surface area is 132 Å². The molecule has 7 nitrogen and oxygen atoms in total. The van der Waals surface area contributed by atoms with Crippen molar-refractivity contribution in [1.29, 1.82) is 0 Å². The highest BCUT2D eigenvalue weighted by Gasteiger charge is 2.28. The quantitative estimate of drug-likeness (QED) is 0.793. The van der Waals surface area contributed by atoms with Crippen LogP contribution in [0.5, 0.6) is 11.5 Å². The van der Waals surface area contributed by atoms with E-state index < -0.39 is 10.2 Å². The molecule has 1 heterocycles. The van der Waals surface area contributed by atoms with E-state index in [1.165, 1.54) is 8.61 Å². The number of ether oxygens (including phenoxy) is 2. The van der Waals surface area contributed by atoms with Crippen LogP contribution < -0.4 is 14.4 Å². The van der Waals surface area contributed by atoms with Gasteiger partial charge in [-0.1, -0.05) is 0 Å². The second kappa shape index (κ2) is 6.72. The van der Waals surface area contributed by atoms with Crippen LogP contribution in [0.15, 0.2) is 18.2 Å². The number of benzene rings is 1. The first kappa shape index (κ1) is 16.9. The van der Waals surface area contributed by atoms with E-state index in [1.54, 1.807) is 28.3 Å². The van der Waals surface area contributed by atoms with Crippen molar-refractivity contribution in [3.8, 4) is 11.5 Å². The van der Waals surface area contributed by atoms with E-state index in [4.69, 9.17) is 9.47 Å². The number of rotatable bonds is 5. The third-order valence-corrected chi connectivity index (χ3v) is 5.70. The molecule has 22 heavy (non-hydrogen) atoms. The molecule has 1 aliphatic rings. The van der Waals surface area contributed by atoms with Crippen molar-refractivity contribution < 1.29 is 17.9 Å². The molecule has 0 radical (unpaired) electrons. The van der Waals surface area contributed by atoms with Crippen molar-refractivity contribution in [3.05, 3.63) is 18.2 Å².